The summed E-state index contributed by atoms with van der Waals surface area (Å²) in [5.74, 6) is 0. The molecule has 6 heteroatoms. The Kier molecular flexibility index (Phi) is 3.44. The molecule has 1 aromatic carbocycles. The van der Waals surface area contributed by atoms with Crippen LogP contribution < -0.4 is 0 Å². The fraction of sp³-hybridized carbons (Fsp3) is 0.200. The van der Waals surface area contributed by atoms with Crippen LogP contribution in [0, 0.1) is 10.1 Å². The second-order valence-electron chi connectivity index (χ2n) is 3.43. The first kappa shape index (κ1) is 12.4. The lowest BCUT2D eigenvalue weighted by molar-refractivity contribution is -0.384. The van der Waals surface area contributed by atoms with Gasteiger partial charge in [0.25, 0.3) is 5.69 Å². The van der Waals surface area contributed by atoms with Crippen LogP contribution in [0.5, 0.6) is 0 Å². The van der Waals surface area contributed by atoms with Crippen LogP contribution in [0.3, 0.4) is 0 Å². The van der Waals surface area contributed by atoms with E-state index in [4.69, 9.17) is 0 Å². The molecule has 0 aliphatic heterocycles. The maximum absolute atomic E-state index is 11.0. The van der Waals surface area contributed by atoms with Crippen molar-refractivity contribution in [2.75, 3.05) is 6.26 Å². The summed E-state index contributed by atoms with van der Waals surface area (Å²) < 4.78 is 22.0. The SMILES string of the molecule is C/C(=C\S(C)(=O)=O)c1ccc([N+](=O)[O-])cc1. The Hall–Kier alpha value is -1.69. The summed E-state index contributed by atoms with van der Waals surface area (Å²) in [6.45, 7) is 1.64. The fourth-order valence-electron chi connectivity index (χ4n) is 1.24. The van der Waals surface area contributed by atoms with E-state index in [9.17, 15) is 18.5 Å². The summed E-state index contributed by atoms with van der Waals surface area (Å²) in [6, 6.07) is 5.73. The van der Waals surface area contributed by atoms with Gasteiger partial charge in [0, 0.05) is 23.8 Å². The van der Waals surface area contributed by atoms with Crippen LogP contribution >= 0.6 is 0 Å². The highest BCUT2D eigenvalue weighted by Crippen LogP contribution is 2.18. The molecule has 0 bridgehead atoms. The highest BCUT2D eigenvalue weighted by molar-refractivity contribution is 7.93. The molecule has 0 saturated heterocycles. The predicted octanol–water partition coefficient (Wildman–Crippen LogP) is 2.00. The zero-order valence-electron chi connectivity index (χ0n) is 8.88. The smallest absolute Gasteiger partial charge is 0.258 e. The van der Waals surface area contributed by atoms with Crippen molar-refractivity contribution in [2.45, 2.75) is 6.92 Å². The number of non-ortho nitro benzene ring substituents is 1. The van der Waals surface area contributed by atoms with Crippen LogP contribution in [0.25, 0.3) is 5.57 Å². The lowest BCUT2D eigenvalue weighted by Gasteiger charge is -2.00. The molecular formula is C10H11NO4S. The third-order valence-electron chi connectivity index (χ3n) is 1.92. The molecule has 0 spiro atoms. The van der Waals surface area contributed by atoms with E-state index in [2.05, 4.69) is 0 Å². The van der Waals surface area contributed by atoms with Gasteiger partial charge in [0.1, 0.15) is 0 Å². The Morgan fingerprint density at radius 1 is 1.31 bits per heavy atom. The number of nitro benzene ring substituents is 1. The molecule has 1 rings (SSSR count). The summed E-state index contributed by atoms with van der Waals surface area (Å²) in [6.07, 6.45) is 1.10. The van der Waals surface area contributed by atoms with Crippen LogP contribution in [0.4, 0.5) is 5.69 Å². The van der Waals surface area contributed by atoms with Crippen molar-refractivity contribution in [2.24, 2.45) is 0 Å². The van der Waals surface area contributed by atoms with Crippen molar-refractivity contribution in [3.05, 3.63) is 45.4 Å². The van der Waals surface area contributed by atoms with Crippen molar-refractivity contribution in [1.29, 1.82) is 0 Å². The maximum Gasteiger partial charge on any atom is 0.269 e. The third-order valence-corrected chi connectivity index (χ3v) is 2.71. The van der Waals surface area contributed by atoms with Crippen LogP contribution in [0.2, 0.25) is 0 Å². The van der Waals surface area contributed by atoms with Crippen LogP contribution in [-0.4, -0.2) is 19.6 Å². The topological polar surface area (TPSA) is 77.3 Å². The molecule has 0 unspecified atom stereocenters. The van der Waals surface area contributed by atoms with E-state index in [0.717, 1.165) is 11.7 Å². The van der Waals surface area contributed by atoms with Gasteiger partial charge in [-0.05, 0) is 30.2 Å². The van der Waals surface area contributed by atoms with Crippen LogP contribution in [0.1, 0.15) is 12.5 Å². The molecule has 86 valence electrons. The van der Waals surface area contributed by atoms with Gasteiger partial charge in [-0.25, -0.2) is 8.42 Å². The van der Waals surface area contributed by atoms with Crippen LogP contribution in [0.15, 0.2) is 29.7 Å². The molecule has 0 saturated carbocycles. The largest absolute Gasteiger partial charge is 0.269 e. The lowest BCUT2D eigenvalue weighted by atomic mass is 10.1. The standard InChI is InChI=1S/C10H11NO4S/c1-8(7-16(2,14)15)9-3-5-10(6-4-9)11(12)13/h3-7H,1-2H3/b8-7+. The fourth-order valence-corrected chi connectivity index (χ4v) is 2.01. The summed E-state index contributed by atoms with van der Waals surface area (Å²) in [4.78, 5) is 9.91. The second-order valence-corrected chi connectivity index (χ2v) is 5.33. The first-order valence-corrected chi connectivity index (χ1v) is 6.38. The number of benzene rings is 1. The van der Waals surface area contributed by atoms with Gasteiger partial charge in [0.15, 0.2) is 9.84 Å². The second kappa shape index (κ2) is 4.44. The first-order chi connectivity index (χ1) is 7.29. The van der Waals surface area contributed by atoms with Gasteiger partial charge in [-0.1, -0.05) is 0 Å². The number of hydrogen-bond donors (Lipinski definition) is 0. The summed E-state index contributed by atoms with van der Waals surface area (Å²) in [5.41, 5.74) is 1.18. The molecule has 0 heterocycles. The third kappa shape index (κ3) is 3.47. The minimum atomic E-state index is -3.19. The quantitative estimate of drug-likeness (QED) is 0.599. The Balaban J connectivity index is 3.08. The van der Waals surface area contributed by atoms with Crippen molar-refractivity contribution in [3.8, 4) is 0 Å². The predicted molar refractivity (Wildman–Crippen MR) is 61.6 cm³/mol. The van der Waals surface area contributed by atoms with Crippen molar-refractivity contribution in [1.82, 2.24) is 0 Å². The van der Waals surface area contributed by atoms with E-state index in [1.54, 1.807) is 6.92 Å². The minimum absolute atomic E-state index is 0.0177. The molecule has 0 N–H and O–H groups in total. The minimum Gasteiger partial charge on any atom is -0.258 e. The Labute approximate surface area is 93.5 Å². The lowest BCUT2D eigenvalue weighted by Crippen LogP contribution is -1.92. The van der Waals surface area contributed by atoms with Gasteiger partial charge >= 0.3 is 0 Å². The molecule has 1 aromatic rings. The number of rotatable bonds is 3. The summed E-state index contributed by atoms with van der Waals surface area (Å²) >= 11 is 0. The van der Waals surface area contributed by atoms with Gasteiger partial charge in [-0.2, -0.15) is 0 Å². The first-order valence-electron chi connectivity index (χ1n) is 4.43. The average molecular weight is 241 g/mol. The number of hydrogen-bond acceptors (Lipinski definition) is 4. The van der Waals surface area contributed by atoms with E-state index >= 15 is 0 Å². The molecule has 0 fully saturated rings. The van der Waals surface area contributed by atoms with E-state index < -0.39 is 14.8 Å². The van der Waals surface area contributed by atoms with Crippen molar-refractivity contribution in [3.63, 3.8) is 0 Å². The van der Waals surface area contributed by atoms with Gasteiger partial charge in [-0.3, -0.25) is 10.1 Å². The zero-order valence-corrected chi connectivity index (χ0v) is 9.69. The molecular weight excluding hydrogens is 230 g/mol. The number of nitro groups is 1. The van der Waals surface area contributed by atoms with Crippen molar-refractivity contribution < 1.29 is 13.3 Å². The van der Waals surface area contributed by atoms with Crippen molar-refractivity contribution >= 4 is 21.1 Å². The van der Waals surface area contributed by atoms with Crippen LogP contribution in [-0.2, 0) is 9.84 Å². The number of nitrogens with zero attached hydrogens (tertiary/aromatic N) is 1. The van der Waals surface area contributed by atoms with E-state index in [0.29, 0.717) is 11.1 Å². The monoisotopic (exact) mass is 241 g/mol. The van der Waals surface area contributed by atoms with E-state index in [1.807, 2.05) is 0 Å². The molecule has 0 aliphatic rings. The molecule has 0 aliphatic carbocycles. The molecule has 0 amide bonds. The van der Waals surface area contributed by atoms with Gasteiger partial charge in [0.2, 0.25) is 0 Å². The highest BCUT2D eigenvalue weighted by atomic mass is 32.2. The molecule has 16 heavy (non-hydrogen) atoms. The average Bonchev–Trinajstić information content (AvgIpc) is 2.15. The van der Waals surface area contributed by atoms with Gasteiger partial charge in [-0.15, -0.1) is 0 Å². The molecule has 0 aromatic heterocycles. The van der Waals surface area contributed by atoms with Gasteiger partial charge < -0.3 is 0 Å². The Morgan fingerprint density at radius 2 is 1.81 bits per heavy atom. The number of allylic oxidation sites excluding steroid dienone is 1. The summed E-state index contributed by atoms with van der Waals surface area (Å²) in [5, 5.41) is 11.5. The van der Waals surface area contributed by atoms with E-state index in [-0.39, 0.29) is 5.69 Å². The van der Waals surface area contributed by atoms with Gasteiger partial charge in [0.05, 0.1) is 4.92 Å². The molecule has 0 atom stereocenters. The Morgan fingerprint density at radius 3 is 2.19 bits per heavy atom. The highest BCUT2D eigenvalue weighted by Gasteiger charge is 2.06. The van der Waals surface area contributed by atoms with E-state index in [1.165, 1.54) is 24.3 Å². The normalized spacial score (nSPS) is 12.5. The maximum atomic E-state index is 11.0. The zero-order chi connectivity index (χ0) is 12.3. The molecule has 0 radical (unpaired) electrons. The summed E-state index contributed by atoms with van der Waals surface area (Å²) in [7, 11) is -3.19. The molecule has 5 nitrogen and oxygen atoms in total. The Bertz CT molecular complexity index is 528. The number of sulfone groups is 1.